The van der Waals surface area contributed by atoms with E-state index in [0.717, 1.165) is 52.1 Å². The quantitative estimate of drug-likeness (QED) is 0.882. The number of nitrogens with two attached hydrogens (primary N) is 1. The number of amides is 2. The lowest BCUT2D eigenvalue weighted by atomic mass is 9.95. The number of piperazine rings is 1. The number of benzene rings is 1. The molecule has 2 fully saturated rings. The van der Waals surface area contributed by atoms with Gasteiger partial charge in [0.05, 0.1) is 6.04 Å². The first kappa shape index (κ1) is 17.7. The minimum atomic E-state index is -0.212. The maximum absolute atomic E-state index is 12.8. The van der Waals surface area contributed by atoms with Crippen molar-refractivity contribution in [3.63, 3.8) is 0 Å². The van der Waals surface area contributed by atoms with Crippen molar-refractivity contribution in [3.05, 3.63) is 30.3 Å². The molecule has 0 bridgehead atoms. The highest BCUT2D eigenvalue weighted by Gasteiger charge is 2.32. The highest BCUT2D eigenvalue weighted by molar-refractivity contribution is 5.82. The van der Waals surface area contributed by atoms with Crippen LogP contribution in [0.2, 0.25) is 0 Å². The molecule has 0 unspecified atom stereocenters. The number of rotatable bonds is 4. The lowest BCUT2D eigenvalue weighted by molar-refractivity contribution is -0.137. The third-order valence-corrected chi connectivity index (χ3v) is 5.55. The van der Waals surface area contributed by atoms with Crippen LogP contribution in [-0.2, 0) is 9.59 Å². The van der Waals surface area contributed by atoms with E-state index in [2.05, 4.69) is 21.9 Å². The Labute approximate surface area is 149 Å². The molecule has 2 amide bonds. The summed E-state index contributed by atoms with van der Waals surface area (Å²) in [7, 11) is 0. The van der Waals surface area contributed by atoms with Crippen molar-refractivity contribution in [1.82, 2.24) is 9.80 Å². The van der Waals surface area contributed by atoms with E-state index in [1.165, 1.54) is 5.69 Å². The Morgan fingerprint density at radius 1 is 1.00 bits per heavy atom. The van der Waals surface area contributed by atoms with E-state index in [4.69, 9.17) is 5.73 Å². The third-order valence-electron chi connectivity index (χ3n) is 5.55. The van der Waals surface area contributed by atoms with Crippen LogP contribution in [0.1, 0.15) is 19.8 Å². The second-order valence-electron chi connectivity index (χ2n) is 7.04. The molecule has 1 aromatic carbocycles. The molecule has 2 aliphatic heterocycles. The van der Waals surface area contributed by atoms with Crippen molar-refractivity contribution < 1.29 is 9.59 Å². The Morgan fingerprint density at radius 3 is 2.16 bits per heavy atom. The van der Waals surface area contributed by atoms with Crippen LogP contribution < -0.4 is 10.6 Å². The Bertz CT molecular complexity index is 591. The van der Waals surface area contributed by atoms with E-state index in [0.29, 0.717) is 0 Å². The number of piperidine rings is 1. The van der Waals surface area contributed by atoms with Gasteiger partial charge >= 0.3 is 0 Å². The lowest BCUT2D eigenvalue weighted by Gasteiger charge is -2.40. The van der Waals surface area contributed by atoms with Crippen LogP contribution in [0.5, 0.6) is 0 Å². The Morgan fingerprint density at radius 2 is 1.60 bits per heavy atom. The summed E-state index contributed by atoms with van der Waals surface area (Å²) in [4.78, 5) is 30.6. The van der Waals surface area contributed by atoms with Gasteiger partial charge in [0.1, 0.15) is 0 Å². The van der Waals surface area contributed by atoms with Crippen molar-refractivity contribution in [2.45, 2.75) is 25.8 Å². The third kappa shape index (κ3) is 4.12. The largest absolute Gasteiger partial charge is 0.369 e. The Balaban J connectivity index is 1.50. The molecule has 0 aliphatic carbocycles. The molecule has 1 aromatic rings. The normalized spacial score (nSPS) is 21.2. The van der Waals surface area contributed by atoms with Crippen molar-refractivity contribution in [2.24, 2.45) is 11.7 Å². The van der Waals surface area contributed by atoms with Crippen LogP contribution in [0.3, 0.4) is 0 Å². The van der Waals surface area contributed by atoms with Gasteiger partial charge in [0.15, 0.2) is 0 Å². The van der Waals surface area contributed by atoms with E-state index in [-0.39, 0.29) is 23.8 Å². The average molecular weight is 344 g/mol. The van der Waals surface area contributed by atoms with Gasteiger partial charge in [0.25, 0.3) is 0 Å². The summed E-state index contributed by atoms with van der Waals surface area (Å²) in [5.74, 6) is -0.0473. The first-order valence-corrected chi connectivity index (χ1v) is 9.18. The van der Waals surface area contributed by atoms with Gasteiger partial charge < -0.3 is 15.5 Å². The standard InChI is InChI=1S/C19H28N4O2/c1-15(21-9-7-16(8-10-21)18(20)24)19(25)23-13-11-22(12-14-23)17-5-3-2-4-6-17/h2-6,15-16H,7-14H2,1H3,(H2,20,24)/t15-/m0/s1. The van der Waals surface area contributed by atoms with Gasteiger partial charge in [-0.2, -0.15) is 0 Å². The van der Waals surface area contributed by atoms with E-state index in [1.54, 1.807) is 0 Å². The zero-order valence-electron chi connectivity index (χ0n) is 14.9. The zero-order chi connectivity index (χ0) is 17.8. The maximum Gasteiger partial charge on any atom is 0.239 e. The molecule has 0 spiro atoms. The molecule has 2 heterocycles. The maximum atomic E-state index is 12.8. The summed E-state index contributed by atoms with van der Waals surface area (Å²) in [6.45, 7) is 6.77. The number of carbonyl (C=O) groups is 2. The number of hydrogen-bond donors (Lipinski definition) is 1. The van der Waals surface area contributed by atoms with E-state index < -0.39 is 0 Å². The summed E-state index contributed by atoms with van der Waals surface area (Å²) in [5, 5.41) is 0. The number of carbonyl (C=O) groups excluding carboxylic acids is 2. The predicted molar refractivity (Wildman–Crippen MR) is 98.2 cm³/mol. The fraction of sp³-hybridized carbons (Fsp3) is 0.579. The van der Waals surface area contributed by atoms with Gasteiger partial charge in [-0.3, -0.25) is 14.5 Å². The van der Waals surface area contributed by atoms with E-state index >= 15 is 0 Å². The summed E-state index contributed by atoms with van der Waals surface area (Å²) in [5.41, 5.74) is 6.61. The van der Waals surface area contributed by atoms with Crippen LogP contribution in [0.15, 0.2) is 30.3 Å². The number of likely N-dealkylation sites (tertiary alicyclic amines) is 1. The van der Waals surface area contributed by atoms with E-state index in [1.807, 2.05) is 30.0 Å². The molecule has 0 saturated carbocycles. The van der Waals surface area contributed by atoms with E-state index in [9.17, 15) is 9.59 Å². The predicted octanol–water partition coefficient (Wildman–Crippen LogP) is 0.921. The zero-order valence-corrected chi connectivity index (χ0v) is 14.9. The van der Waals surface area contributed by atoms with Gasteiger partial charge in [0.2, 0.25) is 11.8 Å². The molecule has 0 aromatic heterocycles. The molecule has 0 radical (unpaired) electrons. The Hall–Kier alpha value is -2.08. The van der Waals surface area contributed by atoms with Gasteiger partial charge in [-0.25, -0.2) is 0 Å². The first-order valence-electron chi connectivity index (χ1n) is 9.18. The Kier molecular flexibility index (Phi) is 5.58. The van der Waals surface area contributed by atoms with Crippen molar-refractivity contribution in [2.75, 3.05) is 44.2 Å². The van der Waals surface area contributed by atoms with Crippen molar-refractivity contribution >= 4 is 17.5 Å². The number of anilines is 1. The van der Waals surface area contributed by atoms with Gasteiger partial charge in [-0.1, -0.05) is 18.2 Å². The fourth-order valence-corrected chi connectivity index (χ4v) is 3.82. The molecule has 6 heteroatoms. The van der Waals surface area contributed by atoms with Crippen LogP contribution in [0.25, 0.3) is 0 Å². The summed E-state index contributed by atoms with van der Waals surface area (Å²) in [6, 6.07) is 10.2. The number of hydrogen-bond acceptors (Lipinski definition) is 4. The fourth-order valence-electron chi connectivity index (χ4n) is 3.82. The molecule has 2 saturated heterocycles. The topological polar surface area (TPSA) is 69.9 Å². The van der Waals surface area contributed by atoms with Gasteiger partial charge in [0, 0.05) is 37.8 Å². The molecule has 2 aliphatic rings. The molecule has 2 N–H and O–H groups in total. The van der Waals surface area contributed by atoms with Crippen molar-refractivity contribution in [1.29, 1.82) is 0 Å². The van der Waals surface area contributed by atoms with Crippen LogP contribution >= 0.6 is 0 Å². The second kappa shape index (κ2) is 7.87. The van der Waals surface area contributed by atoms with Gasteiger partial charge in [-0.15, -0.1) is 0 Å². The van der Waals surface area contributed by atoms with Crippen LogP contribution in [-0.4, -0.2) is 66.9 Å². The van der Waals surface area contributed by atoms with Crippen molar-refractivity contribution in [3.8, 4) is 0 Å². The number of para-hydroxylation sites is 1. The highest BCUT2D eigenvalue weighted by Crippen LogP contribution is 2.20. The van der Waals surface area contributed by atoms with Crippen LogP contribution in [0.4, 0.5) is 5.69 Å². The molecular formula is C19H28N4O2. The SMILES string of the molecule is C[C@@H](C(=O)N1CCN(c2ccccc2)CC1)N1CCC(C(N)=O)CC1. The van der Waals surface area contributed by atoms with Crippen LogP contribution in [0, 0.1) is 5.92 Å². The molecule has 6 nitrogen and oxygen atoms in total. The molecule has 25 heavy (non-hydrogen) atoms. The van der Waals surface area contributed by atoms with Gasteiger partial charge in [-0.05, 0) is 45.0 Å². The lowest BCUT2D eigenvalue weighted by Crippen LogP contribution is -2.55. The minimum absolute atomic E-state index is 0.0343. The average Bonchev–Trinajstić information content (AvgIpc) is 2.67. The minimum Gasteiger partial charge on any atom is -0.369 e. The first-order chi connectivity index (χ1) is 12.1. The summed E-state index contributed by atoms with van der Waals surface area (Å²) in [6.07, 6.45) is 1.52. The molecule has 3 rings (SSSR count). The molecular weight excluding hydrogens is 316 g/mol. The second-order valence-corrected chi connectivity index (χ2v) is 7.04. The molecule has 136 valence electrons. The highest BCUT2D eigenvalue weighted by atomic mass is 16.2. The monoisotopic (exact) mass is 344 g/mol. The summed E-state index contributed by atoms with van der Waals surface area (Å²) >= 11 is 0. The summed E-state index contributed by atoms with van der Waals surface area (Å²) < 4.78 is 0. The molecule has 1 atom stereocenters. The number of nitrogens with zero attached hydrogens (tertiary/aromatic N) is 3. The number of primary amides is 1. The smallest absolute Gasteiger partial charge is 0.239 e.